The van der Waals surface area contributed by atoms with Crippen LogP contribution in [0.5, 0.6) is 0 Å². The van der Waals surface area contributed by atoms with Crippen LogP contribution in [0.4, 0.5) is 0 Å². The summed E-state index contributed by atoms with van der Waals surface area (Å²) in [6.07, 6.45) is 6.64. The summed E-state index contributed by atoms with van der Waals surface area (Å²) in [6, 6.07) is 0. The van der Waals surface area contributed by atoms with Crippen molar-refractivity contribution >= 4 is 46.4 Å². The average Bonchev–Trinajstić information content (AvgIpc) is 2.25. The molecule has 0 N–H and O–H groups in total. The SMILES string of the molecule is ClC1CCC([I+]C2CCC(Cl)CC2Cl)C(Cl)C1. The number of hydrogen-bond donors (Lipinski definition) is 0. The fourth-order valence-corrected chi connectivity index (χ4v) is 8.90. The van der Waals surface area contributed by atoms with Crippen LogP contribution in [0.25, 0.3) is 0 Å². The van der Waals surface area contributed by atoms with Gasteiger partial charge in [-0.2, -0.15) is 0 Å². The number of rotatable bonds is 2. The minimum atomic E-state index is 0.0821. The second-order valence-corrected chi connectivity index (χ2v) is 11.3. The molecule has 0 radical (unpaired) electrons. The zero-order chi connectivity index (χ0) is 12.4. The Morgan fingerprint density at radius 3 is 1.41 bits per heavy atom. The monoisotopic (exact) mass is 429 g/mol. The molecule has 0 aromatic rings. The Hall–Kier alpha value is 1.89. The third kappa shape index (κ3) is 4.44. The number of hydrogen-bond acceptors (Lipinski definition) is 0. The van der Waals surface area contributed by atoms with E-state index < -0.39 is 0 Å². The van der Waals surface area contributed by atoms with E-state index in [1.807, 2.05) is 0 Å². The minimum absolute atomic E-state index is 0.0821. The molecule has 0 spiro atoms. The Morgan fingerprint density at radius 1 is 0.647 bits per heavy atom. The highest BCUT2D eigenvalue weighted by Gasteiger charge is 2.45. The topological polar surface area (TPSA) is 0 Å². The lowest BCUT2D eigenvalue weighted by molar-refractivity contribution is -0.724. The third-order valence-electron chi connectivity index (χ3n) is 3.58. The van der Waals surface area contributed by atoms with Gasteiger partial charge in [0, 0.05) is 10.8 Å². The predicted molar refractivity (Wildman–Crippen MR) is 73.8 cm³/mol. The van der Waals surface area contributed by atoms with Gasteiger partial charge in [0.1, 0.15) is 0 Å². The van der Waals surface area contributed by atoms with Crippen LogP contribution in [0.2, 0.25) is 0 Å². The molecule has 6 unspecified atom stereocenters. The summed E-state index contributed by atoms with van der Waals surface area (Å²) in [4.78, 5) is 0. The van der Waals surface area contributed by atoms with Crippen LogP contribution < -0.4 is 21.2 Å². The zero-order valence-electron chi connectivity index (χ0n) is 9.60. The average molecular weight is 431 g/mol. The van der Waals surface area contributed by atoms with E-state index in [2.05, 4.69) is 0 Å². The molecule has 0 nitrogen and oxygen atoms in total. The standard InChI is InChI=1S/C12H18Cl4I/c13-7-1-3-11(9(15)5-7)17-12-4-2-8(14)6-10(12)16/h7-12H,1-6H2/q+1. The van der Waals surface area contributed by atoms with Gasteiger partial charge in [0.15, 0.2) is 7.85 Å². The molecule has 2 fully saturated rings. The zero-order valence-corrected chi connectivity index (χ0v) is 14.8. The summed E-state index contributed by atoms with van der Waals surface area (Å²) in [7, 11) is 0. The van der Waals surface area contributed by atoms with Crippen molar-refractivity contribution in [3.63, 3.8) is 0 Å². The van der Waals surface area contributed by atoms with Crippen molar-refractivity contribution in [1.82, 2.24) is 0 Å². The van der Waals surface area contributed by atoms with Crippen LogP contribution in [-0.4, -0.2) is 29.4 Å². The second kappa shape index (κ2) is 7.06. The van der Waals surface area contributed by atoms with Crippen molar-refractivity contribution in [2.75, 3.05) is 0 Å². The molecule has 2 aliphatic carbocycles. The summed E-state index contributed by atoms with van der Waals surface area (Å²) in [5.74, 6) is 0. The van der Waals surface area contributed by atoms with Gasteiger partial charge in [-0.15, -0.1) is 46.4 Å². The summed E-state index contributed by atoms with van der Waals surface area (Å²) in [5.41, 5.74) is 0. The molecule has 17 heavy (non-hydrogen) atoms. The second-order valence-electron chi connectivity index (χ2n) is 5.01. The van der Waals surface area contributed by atoms with Gasteiger partial charge >= 0.3 is 0 Å². The lowest BCUT2D eigenvalue weighted by Crippen LogP contribution is -3.69. The van der Waals surface area contributed by atoms with E-state index in [0.717, 1.165) is 25.7 Å². The largest absolute Gasteiger partial charge is 0.278 e. The van der Waals surface area contributed by atoms with Crippen molar-refractivity contribution in [3.05, 3.63) is 0 Å². The first kappa shape index (κ1) is 15.3. The molecular weight excluding hydrogens is 413 g/mol. The van der Waals surface area contributed by atoms with Crippen LogP contribution in [0, 0.1) is 0 Å². The maximum Gasteiger partial charge on any atom is 0.278 e. The number of halogens is 5. The smallest absolute Gasteiger partial charge is 0.123 e. The number of alkyl halides is 6. The van der Waals surface area contributed by atoms with E-state index in [1.54, 1.807) is 0 Å². The first-order valence-corrected chi connectivity index (χ1v) is 10.5. The molecule has 0 aromatic carbocycles. The predicted octanol–water partition coefficient (Wildman–Crippen LogP) is 1.61. The lowest BCUT2D eigenvalue weighted by atomic mass is 10.00. The van der Waals surface area contributed by atoms with E-state index >= 15 is 0 Å². The van der Waals surface area contributed by atoms with Gasteiger partial charge in [-0.3, -0.25) is 0 Å². The molecule has 0 aromatic heterocycles. The van der Waals surface area contributed by atoms with E-state index in [0.29, 0.717) is 18.6 Å². The maximum absolute atomic E-state index is 6.45. The lowest BCUT2D eigenvalue weighted by Gasteiger charge is -2.27. The molecule has 0 aliphatic heterocycles. The van der Waals surface area contributed by atoms with E-state index in [1.165, 1.54) is 12.8 Å². The van der Waals surface area contributed by atoms with Crippen molar-refractivity contribution in [3.8, 4) is 0 Å². The van der Waals surface area contributed by atoms with Crippen LogP contribution in [-0.2, 0) is 0 Å². The van der Waals surface area contributed by atoms with E-state index in [4.69, 9.17) is 46.4 Å². The molecule has 2 saturated carbocycles. The molecule has 6 atom stereocenters. The van der Waals surface area contributed by atoms with Gasteiger partial charge in [0.25, 0.3) is 21.2 Å². The van der Waals surface area contributed by atoms with Gasteiger partial charge in [0.2, 0.25) is 0 Å². The molecule has 0 heterocycles. The van der Waals surface area contributed by atoms with Crippen molar-refractivity contribution in [2.24, 2.45) is 0 Å². The van der Waals surface area contributed by atoms with Crippen molar-refractivity contribution in [2.45, 2.75) is 67.9 Å². The highest BCUT2D eigenvalue weighted by molar-refractivity contribution is 6.24. The van der Waals surface area contributed by atoms with Gasteiger partial charge in [-0.25, -0.2) is 0 Å². The van der Waals surface area contributed by atoms with Crippen LogP contribution in [0.15, 0.2) is 0 Å². The van der Waals surface area contributed by atoms with Crippen molar-refractivity contribution < 1.29 is 21.2 Å². The Balaban J connectivity index is 1.84. The molecular formula is C12H18Cl4I+. The fourth-order valence-electron chi connectivity index (χ4n) is 2.55. The first-order chi connectivity index (χ1) is 8.06. The summed E-state index contributed by atoms with van der Waals surface area (Å²) in [5, 5.41) is 1.17. The molecule has 2 rings (SSSR count). The van der Waals surface area contributed by atoms with E-state index in [9.17, 15) is 0 Å². The van der Waals surface area contributed by atoms with E-state index in [-0.39, 0.29) is 32.0 Å². The highest BCUT2D eigenvalue weighted by Crippen LogP contribution is 2.27. The highest BCUT2D eigenvalue weighted by atomic mass is 127. The third-order valence-corrected chi connectivity index (χ3v) is 11.0. The first-order valence-electron chi connectivity index (χ1n) is 6.24. The Kier molecular flexibility index (Phi) is 6.34. The Morgan fingerprint density at radius 2 is 1.06 bits per heavy atom. The van der Waals surface area contributed by atoms with Crippen molar-refractivity contribution in [1.29, 1.82) is 0 Å². The van der Waals surface area contributed by atoms with Gasteiger partial charge in [-0.1, -0.05) is 0 Å². The van der Waals surface area contributed by atoms with Crippen LogP contribution in [0.3, 0.4) is 0 Å². The van der Waals surface area contributed by atoms with Gasteiger partial charge in [-0.05, 0) is 38.5 Å². The Labute approximate surface area is 134 Å². The summed E-state index contributed by atoms with van der Waals surface area (Å²) < 4.78 is 1.42. The molecule has 5 heteroatoms. The fraction of sp³-hybridized carbons (Fsp3) is 1.00. The summed E-state index contributed by atoms with van der Waals surface area (Å²) >= 11 is 25.3. The summed E-state index contributed by atoms with van der Waals surface area (Å²) in [6.45, 7) is 0. The van der Waals surface area contributed by atoms with Crippen LogP contribution in [0.1, 0.15) is 38.5 Å². The van der Waals surface area contributed by atoms with Gasteiger partial charge in [0.05, 0.1) is 10.8 Å². The van der Waals surface area contributed by atoms with Crippen LogP contribution >= 0.6 is 46.4 Å². The minimum Gasteiger partial charge on any atom is -0.123 e. The molecule has 0 saturated heterocycles. The Bertz CT molecular complexity index is 227. The quantitative estimate of drug-likeness (QED) is 0.461. The molecule has 0 amide bonds. The maximum atomic E-state index is 6.45. The molecule has 2 aliphatic rings. The molecule has 100 valence electrons. The normalized spacial score (nSPS) is 48.0. The van der Waals surface area contributed by atoms with Gasteiger partial charge < -0.3 is 0 Å². The molecule has 0 bridgehead atoms.